The van der Waals surface area contributed by atoms with Gasteiger partial charge in [-0.2, -0.15) is 4.98 Å². The number of hydrogen-bond acceptors (Lipinski definition) is 9. The molecule has 4 rings (SSSR count). The van der Waals surface area contributed by atoms with E-state index in [1.54, 1.807) is 37.4 Å². The molecule has 1 unspecified atom stereocenters. The summed E-state index contributed by atoms with van der Waals surface area (Å²) in [6.45, 7) is 0.266. The standard InChI is InChI=1S/C21H21N3O7/c1-27-15-8-7-13(11-17(15)28-2)19-22-18(31-23-19)12-30-21(26)14-5-3-9-24(14)20(25)16-6-4-10-29-16/h4,6-8,10-11,14H,3,5,9,12H2,1-2H3. The summed E-state index contributed by atoms with van der Waals surface area (Å²) in [6, 6.07) is 7.73. The van der Waals surface area contributed by atoms with Crippen molar-refractivity contribution in [1.82, 2.24) is 15.0 Å². The number of esters is 1. The Balaban J connectivity index is 1.39. The Hall–Kier alpha value is -3.82. The van der Waals surface area contributed by atoms with Crippen LogP contribution in [0.5, 0.6) is 11.5 Å². The van der Waals surface area contributed by atoms with Crippen LogP contribution in [0.1, 0.15) is 29.3 Å². The Kier molecular flexibility index (Phi) is 5.87. The van der Waals surface area contributed by atoms with Crippen molar-refractivity contribution in [1.29, 1.82) is 0 Å². The number of furan rings is 1. The van der Waals surface area contributed by atoms with Crippen LogP contribution in [0.2, 0.25) is 0 Å². The summed E-state index contributed by atoms with van der Waals surface area (Å²) < 4.78 is 26.2. The van der Waals surface area contributed by atoms with E-state index in [4.69, 9.17) is 23.2 Å². The molecule has 3 heterocycles. The zero-order chi connectivity index (χ0) is 21.8. The summed E-state index contributed by atoms with van der Waals surface area (Å²) in [6.07, 6.45) is 2.64. The fraction of sp³-hybridized carbons (Fsp3) is 0.333. The van der Waals surface area contributed by atoms with E-state index in [0.29, 0.717) is 42.3 Å². The Morgan fingerprint density at radius 3 is 2.77 bits per heavy atom. The van der Waals surface area contributed by atoms with Gasteiger partial charge in [0, 0.05) is 12.1 Å². The molecular weight excluding hydrogens is 406 g/mol. The fourth-order valence-electron chi connectivity index (χ4n) is 3.43. The van der Waals surface area contributed by atoms with Crippen LogP contribution in [-0.2, 0) is 16.1 Å². The normalized spacial score (nSPS) is 15.7. The average Bonchev–Trinajstić information content (AvgIpc) is 3.57. The lowest BCUT2D eigenvalue weighted by Crippen LogP contribution is -2.41. The summed E-state index contributed by atoms with van der Waals surface area (Å²) in [5, 5.41) is 3.92. The third-order valence-corrected chi connectivity index (χ3v) is 4.97. The number of benzene rings is 1. The second-order valence-corrected chi connectivity index (χ2v) is 6.82. The van der Waals surface area contributed by atoms with Crippen LogP contribution in [-0.4, -0.2) is 53.7 Å². The molecule has 1 aliphatic heterocycles. The summed E-state index contributed by atoms with van der Waals surface area (Å²) >= 11 is 0. The Morgan fingerprint density at radius 2 is 2.03 bits per heavy atom. The predicted molar refractivity (Wildman–Crippen MR) is 105 cm³/mol. The summed E-state index contributed by atoms with van der Waals surface area (Å²) in [5.74, 6) is 0.898. The van der Waals surface area contributed by atoms with Crippen molar-refractivity contribution < 1.29 is 32.7 Å². The number of carbonyl (C=O) groups is 2. The highest BCUT2D eigenvalue weighted by molar-refractivity contribution is 5.94. The van der Waals surface area contributed by atoms with Gasteiger partial charge < -0.3 is 28.1 Å². The molecule has 1 saturated heterocycles. The van der Waals surface area contributed by atoms with Gasteiger partial charge in [0.2, 0.25) is 5.82 Å². The van der Waals surface area contributed by atoms with Gasteiger partial charge in [0.1, 0.15) is 6.04 Å². The Bertz CT molecular complexity index is 1060. The van der Waals surface area contributed by atoms with Crippen LogP contribution in [0.4, 0.5) is 0 Å². The highest BCUT2D eigenvalue weighted by Crippen LogP contribution is 2.31. The quantitative estimate of drug-likeness (QED) is 0.525. The maximum absolute atomic E-state index is 12.6. The van der Waals surface area contributed by atoms with E-state index in [1.165, 1.54) is 18.3 Å². The number of aromatic nitrogens is 2. The zero-order valence-electron chi connectivity index (χ0n) is 17.1. The van der Waals surface area contributed by atoms with Gasteiger partial charge in [-0.15, -0.1) is 0 Å². The van der Waals surface area contributed by atoms with Crippen molar-refractivity contribution in [2.24, 2.45) is 0 Å². The number of methoxy groups -OCH3 is 2. The van der Waals surface area contributed by atoms with E-state index >= 15 is 0 Å². The lowest BCUT2D eigenvalue weighted by molar-refractivity contribution is -0.150. The molecule has 1 aromatic carbocycles. The first kappa shape index (κ1) is 20.5. The second-order valence-electron chi connectivity index (χ2n) is 6.82. The molecule has 1 atom stereocenters. The van der Waals surface area contributed by atoms with Crippen LogP contribution < -0.4 is 9.47 Å². The highest BCUT2D eigenvalue weighted by atomic mass is 16.6. The minimum atomic E-state index is -0.675. The van der Waals surface area contributed by atoms with E-state index in [-0.39, 0.29) is 24.2 Å². The van der Waals surface area contributed by atoms with Crippen molar-refractivity contribution in [2.75, 3.05) is 20.8 Å². The molecular formula is C21H21N3O7. The molecule has 0 aliphatic carbocycles. The number of ether oxygens (including phenoxy) is 3. The molecule has 0 N–H and O–H groups in total. The Labute approximate surface area is 177 Å². The van der Waals surface area contributed by atoms with Crippen LogP contribution in [0.3, 0.4) is 0 Å². The third-order valence-electron chi connectivity index (χ3n) is 4.97. The molecule has 10 heteroatoms. The lowest BCUT2D eigenvalue weighted by atomic mass is 10.2. The highest BCUT2D eigenvalue weighted by Gasteiger charge is 2.36. The molecule has 0 saturated carbocycles. The van der Waals surface area contributed by atoms with E-state index in [2.05, 4.69) is 10.1 Å². The first-order valence-corrected chi connectivity index (χ1v) is 9.67. The summed E-state index contributed by atoms with van der Waals surface area (Å²) in [7, 11) is 3.08. The topological polar surface area (TPSA) is 117 Å². The summed E-state index contributed by atoms with van der Waals surface area (Å²) in [4.78, 5) is 30.8. The molecule has 1 aliphatic rings. The van der Waals surface area contributed by atoms with Crippen LogP contribution in [0, 0.1) is 0 Å². The number of likely N-dealkylation sites (tertiary alicyclic amines) is 1. The van der Waals surface area contributed by atoms with Gasteiger partial charge in [0.25, 0.3) is 11.8 Å². The third kappa shape index (κ3) is 4.23. The average molecular weight is 427 g/mol. The van der Waals surface area contributed by atoms with E-state index in [9.17, 15) is 9.59 Å². The molecule has 10 nitrogen and oxygen atoms in total. The number of amides is 1. The zero-order valence-corrected chi connectivity index (χ0v) is 17.1. The number of nitrogens with zero attached hydrogens (tertiary/aromatic N) is 3. The number of rotatable bonds is 7. The number of carbonyl (C=O) groups excluding carboxylic acids is 2. The fourth-order valence-corrected chi connectivity index (χ4v) is 3.43. The van der Waals surface area contributed by atoms with Crippen molar-refractivity contribution >= 4 is 11.9 Å². The second kappa shape index (κ2) is 8.90. The van der Waals surface area contributed by atoms with Gasteiger partial charge in [0.05, 0.1) is 20.5 Å². The lowest BCUT2D eigenvalue weighted by Gasteiger charge is -2.21. The largest absolute Gasteiger partial charge is 0.493 e. The molecule has 1 fully saturated rings. The molecule has 0 bridgehead atoms. The molecule has 1 amide bonds. The molecule has 3 aromatic rings. The maximum Gasteiger partial charge on any atom is 0.329 e. The van der Waals surface area contributed by atoms with Crippen LogP contribution in [0.15, 0.2) is 45.5 Å². The summed E-state index contributed by atoms with van der Waals surface area (Å²) in [5.41, 5.74) is 0.657. The first-order valence-electron chi connectivity index (χ1n) is 9.67. The van der Waals surface area contributed by atoms with Crippen molar-refractivity contribution in [2.45, 2.75) is 25.5 Å². The molecule has 0 radical (unpaired) electrons. The minimum absolute atomic E-state index is 0.139. The molecule has 31 heavy (non-hydrogen) atoms. The van der Waals surface area contributed by atoms with E-state index < -0.39 is 12.0 Å². The van der Waals surface area contributed by atoms with Gasteiger partial charge in [0.15, 0.2) is 23.9 Å². The van der Waals surface area contributed by atoms with Crippen molar-refractivity contribution in [3.8, 4) is 22.9 Å². The smallest absolute Gasteiger partial charge is 0.329 e. The van der Waals surface area contributed by atoms with Crippen molar-refractivity contribution in [3.63, 3.8) is 0 Å². The van der Waals surface area contributed by atoms with Gasteiger partial charge in [-0.05, 0) is 43.2 Å². The van der Waals surface area contributed by atoms with Crippen molar-refractivity contribution in [3.05, 3.63) is 48.2 Å². The van der Waals surface area contributed by atoms with Crippen LogP contribution in [0.25, 0.3) is 11.4 Å². The first-order chi connectivity index (χ1) is 15.1. The maximum atomic E-state index is 12.6. The van der Waals surface area contributed by atoms with Gasteiger partial charge in [-0.3, -0.25) is 4.79 Å². The molecule has 2 aromatic heterocycles. The monoisotopic (exact) mass is 427 g/mol. The van der Waals surface area contributed by atoms with Gasteiger partial charge >= 0.3 is 5.97 Å². The SMILES string of the molecule is COc1ccc(-c2noc(COC(=O)C3CCCN3C(=O)c3ccco3)n2)cc1OC. The van der Waals surface area contributed by atoms with Crippen LogP contribution >= 0.6 is 0 Å². The van der Waals surface area contributed by atoms with E-state index in [1.807, 2.05) is 0 Å². The van der Waals surface area contributed by atoms with Gasteiger partial charge in [-0.25, -0.2) is 4.79 Å². The molecule has 0 spiro atoms. The number of hydrogen-bond donors (Lipinski definition) is 0. The molecule has 162 valence electrons. The minimum Gasteiger partial charge on any atom is -0.493 e. The van der Waals surface area contributed by atoms with E-state index in [0.717, 1.165) is 0 Å². The van der Waals surface area contributed by atoms with Gasteiger partial charge in [-0.1, -0.05) is 5.16 Å². The predicted octanol–water partition coefficient (Wildman–Crippen LogP) is 2.69. The Morgan fingerprint density at radius 1 is 1.19 bits per heavy atom.